The van der Waals surface area contributed by atoms with Crippen molar-refractivity contribution in [1.82, 2.24) is 5.32 Å². The summed E-state index contributed by atoms with van der Waals surface area (Å²) in [4.78, 5) is 0. The van der Waals surface area contributed by atoms with Crippen LogP contribution >= 0.6 is 0 Å². The monoisotopic (exact) mass is 211 g/mol. The summed E-state index contributed by atoms with van der Waals surface area (Å²) < 4.78 is 0. The lowest BCUT2D eigenvalue weighted by Gasteiger charge is -2.03. The van der Waals surface area contributed by atoms with Crippen LogP contribution in [0.25, 0.3) is 0 Å². The van der Waals surface area contributed by atoms with Gasteiger partial charge in [-0.15, -0.1) is 0 Å². The Morgan fingerprint density at radius 3 is 2.00 bits per heavy atom. The van der Waals surface area contributed by atoms with E-state index >= 15 is 0 Å². The van der Waals surface area contributed by atoms with E-state index in [0.717, 1.165) is 12.0 Å². The van der Waals surface area contributed by atoms with Crippen molar-refractivity contribution in [2.45, 2.75) is 77.7 Å². The molecule has 1 nitrogen and oxygen atoms in total. The Hall–Kier alpha value is -0.0400. The fourth-order valence-electron chi connectivity index (χ4n) is 2.15. The zero-order valence-corrected chi connectivity index (χ0v) is 10.7. The fourth-order valence-corrected chi connectivity index (χ4v) is 2.15. The van der Waals surface area contributed by atoms with Crippen LogP contribution in [-0.2, 0) is 0 Å². The Bertz CT molecular complexity index is 144. The molecule has 0 radical (unpaired) electrons. The molecule has 15 heavy (non-hydrogen) atoms. The average molecular weight is 211 g/mol. The van der Waals surface area contributed by atoms with Crippen molar-refractivity contribution >= 4 is 0 Å². The quantitative estimate of drug-likeness (QED) is 0.536. The lowest BCUT2D eigenvalue weighted by Crippen LogP contribution is -2.18. The Morgan fingerprint density at radius 1 is 0.933 bits per heavy atom. The molecule has 0 aromatic heterocycles. The molecule has 0 amide bonds. The van der Waals surface area contributed by atoms with E-state index in [0.29, 0.717) is 0 Å². The van der Waals surface area contributed by atoms with Gasteiger partial charge in [-0.2, -0.15) is 0 Å². The first-order valence-corrected chi connectivity index (χ1v) is 7.08. The zero-order valence-electron chi connectivity index (χ0n) is 10.7. The minimum absolute atomic E-state index is 0.870. The van der Waals surface area contributed by atoms with E-state index in [2.05, 4.69) is 19.2 Å². The highest BCUT2D eigenvalue weighted by atomic mass is 15.0. The largest absolute Gasteiger partial charge is 0.314 e. The molecule has 0 aromatic carbocycles. The first-order valence-electron chi connectivity index (χ1n) is 7.08. The van der Waals surface area contributed by atoms with Gasteiger partial charge in [0, 0.05) is 6.04 Å². The molecule has 0 aromatic rings. The van der Waals surface area contributed by atoms with Gasteiger partial charge in [-0.1, -0.05) is 58.8 Å². The molecule has 0 spiro atoms. The standard InChI is InChI=1S/C14H29N/c1-3-4-5-6-7-8-9-10-11-15-14-12-13(14)2/h13-15H,3-12H2,1-2H3. The van der Waals surface area contributed by atoms with Gasteiger partial charge >= 0.3 is 0 Å². The molecule has 2 atom stereocenters. The van der Waals surface area contributed by atoms with Crippen LogP contribution in [0.2, 0.25) is 0 Å². The van der Waals surface area contributed by atoms with Crippen LogP contribution in [0, 0.1) is 5.92 Å². The molecule has 1 N–H and O–H groups in total. The van der Waals surface area contributed by atoms with Crippen LogP contribution in [0.4, 0.5) is 0 Å². The topological polar surface area (TPSA) is 12.0 Å². The molecule has 0 aliphatic heterocycles. The van der Waals surface area contributed by atoms with Crippen molar-refractivity contribution in [3.05, 3.63) is 0 Å². The van der Waals surface area contributed by atoms with Crippen molar-refractivity contribution in [1.29, 1.82) is 0 Å². The van der Waals surface area contributed by atoms with E-state index in [9.17, 15) is 0 Å². The minimum atomic E-state index is 0.870. The van der Waals surface area contributed by atoms with Gasteiger partial charge in [-0.05, 0) is 25.3 Å². The molecule has 0 saturated heterocycles. The predicted octanol–water partition coefficient (Wildman–Crippen LogP) is 4.13. The third-order valence-electron chi connectivity index (χ3n) is 3.55. The zero-order chi connectivity index (χ0) is 10.9. The fraction of sp³-hybridized carbons (Fsp3) is 1.00. The summed E-state index contributed by atoms with van der Waals surface area (Å²) >= 11 is 0. The second-order valence-electron chi connectivity index (χ2n) is 5.25. The van der Waals surface area contributed by atoms with Crippen molar-refractivity contribution in [3.63, 3.8) is 0 Å². The highest BCUT2D eigenvalue weighted by Crippen LogP contribution is 2.28. The molecule has 1 heteroatoms. The van der Waals surface area contributed by atoms with E-state index in [-0.39, 0.29) is 0 Å². The van der Waals surface area contributed by atoms with Gasteiger partial charge in [-0.3, -0.25) is 0 Å². The van der Waals surface area contributed by atoms with Crippen LogP contribution in [-0.4, -0.2) is 12.6 Å². The van der Waals surface area contributed by atoms with Crippen LogP contribution in [0.3, 0.4) is 0 Å². The molecule has 1 aliphatic rings. The SMILES string of the molecule is CCCCCCCCCCNC1CC1C. The summed E-state index contributed by atoms with van der Waals surface area (Å²) in [5.74, 6) is 0.957. The number of rotatable bonds is 10. The van der Waals surface area contributed by atoms with E-state index in [1.165, 1.54) is 64.3 Å². The molecular weight excluding hydrogens is 182 g/mol. The van der Waals surface area contributed by atoms with Crippen molar-refractivity contribution in [2.24, 2.45) is 5.92 Å². The maximum Gasteiger partial charge on any atom is 0.00963 e. The molecule has 2 unspecified atom stereocenters. The molecule has 0 bridgehead atoms. The second kappa shape index (κ2) is 8.15. The van der Waals surface area contributed by atoms with Gasteiger partial charge in [0.05, 0.1) is 0 Å². The highest BCUT2D eigenvalue weighted by Gasteiger charge is 2.31. The maximum absolute atomic E-state index is 3.62. The first kappa shape index (κ1) is 13.0. The van der Waals surface area contributed by atoms with E-state index in [1.807, 2.05) is 0 Å². The van der Waals surface area contributed by atoms with Crippen LogP contribution in [0.15, 0.2) is 0 Å². The molecule has 90 valence electrons. The molecule has 1 aliphatic carbocycles. The molecule has 1 fully saturated rings. The number of nitrogens with one attached hydrogen (secondary N) is 1. The van der Waals surface area contributed by atoms with Crippen LogP contribution in [0.5, 0.6) is 0 Å². The lowest BCUT2D eigenvalue weighted by molar-refractivity contribution is 0.549. The van der Waals surface area contributed by atoms with E-state index < -0.39 is 0 Å². The number of hydrogen-bond acceptors (Lipinski definition) is 1. The number of unbranched alkanes of at least 4 members (excludes halogenated alkanes) is 7. The molecule has 1 saturated carbocycles. The molecule has 1 rings (SSSR count). The summed E-state index contributed by atoms with van der Waals surface area (Å²) in [6, 6.07) is 0.870. The van der Waals surface area contributed by atoms with Crippen molar-refractivity contribution in [2.75, 3.05) is 6.54 Å². The molecular formula is C14H29N. The normalized spacial score (nSPS) is 24.4. The summed E-state index contributed by atoms with van der Waals surface area (Å²) in [6.07, 6.45) is 12.8. The highest BCUT2D eigenvalue weighted by molar-refractivity contribution is 4.89. The summed E-state index contributed by atoms with van der Waals surface area (Å²) in [5, 5.41) is 3.62. The van der Waals surface area contributed by atoms with Gasteiger partial charge in [0.2, 0.25) is 0 Å². The first-order chi connectivity index (χ1) is 7.34. The Morgan fingerprint density at radius 2 is 1.47 bits per heavy atom. The van der Waals surface area contributed by atoms with Gasteiger partial charge in [-0.25, -0.2) is 0 Å². The Kier molecular flexibility index (Phi) is 7.08. The Labute approximate surface area is 96.0 Å². The summed E-state index contributed by atoms with van der Waals surface area (Å²) in [6.45, 7) is 5.87. The third-order valence-corrected chi connectivity index (χ3v) is 3.55. The van der Waals surface area contributed by atoms with E-state index in [1.54, 1.807) is 0 Å². The van der Waals surface area contributed by atoms with Crippen molar-refractivity contribution in [3.8, 4) is 0 Å². The average Bonchev–Trinajstić information content (AvgIpc) is 2.92. The van der Waals surface area contributed by atoms with Crippen molar-refractivity contribution < 1.29 is 0 Å². The van der Waals surface area contributed by atoms with Gasteiger partial charge < -0.3 is 5.32 Å². The molecule has 0 heterocycles. The second-order valence-corrected chi connectivity index (χ2v) is 5.25. The van der Waals surface area contributed by atoms with E-state index in [4.69, 9.17) is 0 Å². The van der Waals surface area contributed by atoms with Crippen LogP contribution < -0.4 is 5.32 Å². The third kappa shape index (κ3) is 6.94. The maximum atomic E-state index is 3.62. The number of hydrogen-bond donors (Lipinski definition) is 1. The van der Waals surface area contributed by atoms with Gasteiger partial charge in [0.25, 0.3) is 0 Å². The van der Waals surface area contributed by atoms with Gasteiger partial charge in [0.1, 0.15) is 0 Å². The lowest BCUT2D eigenvalue weighted by atomic mass is 10.1. The smallest absolute Gasteiger partial charge is 0.00963 e. The van der Waals surface area contributed by atoms with Crippen LogP contribution in [0.1, 0.15) is 71.6 Å². The van der Waals surface area contributed by atoms with Gasteiger partial charge in [0.15, 0.2) is 0 Å². The summed E-state index contributed by atoms with van der Waals surface area (Å²) in [7, 11) is 0. The predicted molar refractivity (Wildman–Crippen MR) is 68.2 cm³/mol. The Balaban J connectivity index is 1.66. The summed E-state index contributed by atoms with van der Waals surface area (Å²) in [5.41, 5.74) is 0. The minimum Gasteiger partial charge on any atom is -0.314 e.